The fourth-order valence-corrected chi connectivity index (χ4v) is 4.20. The summed E-state index contributed by atoms with van der Waals surface area (Å²) in [5.74, 6) is 0. The number of hydrogen-bond donors (Lipinski definition) is 0. The number of nitrogens with zero attached hydrogens (tertiary/aromatic N) is 1. The van der Waals surface area contributed by atoms with Crippen molar-refractivity contribution < 1.29 is 8.85 Å². The van der Waals surface area contributed by atoms with E-state index >= 15 is 0 Å². The highest BCUT2D eigenvalue weighted by atomic mass is 28.4. The highest BCUT2D eigenvalue weighted by molar-refractivity contribution is 6.67. The van der Waals surface area contributed by atoms with Gasteiger partial charge < -0.3 is 8.85 Å². The maximum atomic E-state index is 5.86. The monoisotopic (exact) mass is 239 g/mol. The molecule has 1 atom stereocenters. The van der Waals surface area contributed by atoms with Crippen molar-refractivity contribution in [3.05, 3.63) is 30.1 Å². The third kappa shape index (κ3) is 3.14. The molecule has 0 saturated carbocycles. The summed E-state index contributed by atoms with van der Waals surface area (Å²) in [5.41, 5.74) is 1.30. The van der Waals surface area contributed by atoms with Gasteiger partial charge in [0.05, 0.1) is 0 Å². The van der Waals surface area contributed by atoms with Gasteiger partial charge in [-0.05, 0) is 32.5 Å². The van der Waals surface area contributed by atoms with Crippen molar-refractivity contribution in [2.45, 2.75) is 32.9 Å². The van der Waals surface area contributed by atoms with Crippen LogP contribution >= 0.6 is 0 Å². The number of hydrogen-bond acceptors (Lipinski definition) is 3. The Labute approximate surface area is 99.1 Å². The Morgan fingerprint density at radius 3 is 2.31 bits per heavy atom. The lowest BCUT2D eigenvalue weighted by Gasteiger charge is -2.31. The zero-order valence-electron chi connectivity index (χ0n) is 10.6. The summed E-state index contributed by atoms with van der Waals surface area (Å²) in [6.45, 7) is 9.66. The molecule has 4 heteroatoms. The van der Waals surface area contributed by atoms with E-state index in [0.717, 1.165) is 5.69 Å². The first kappa shape index (κ1) is 13.4. The third-order valence-electron chi connectivity index (χ3n) is 2.78. The SMILES string of the molecule is CCO[Si](C)(OCC)C(C)c1ccccn1. The van der Waals surface area contributed by atoms with Crippen LogP contribution in [0.4, 0.5) is 0 Å². The predicted octanol–water partition coefficient (Wildman–Crippen LogP) is 2.87. The van der Waals surface area contributed by atoms with E-state index in [1.807, 2.05) is 38.2 Å². The molecular weight excluding hydrogens is 218 g/mol. The molecule has 90 valence electrons. The summed E-state index contributed by atoms with van der Waals surface area (Å²) in [6, 6.07) is 5.97. The Bertz CT molecular complexity index is 299. The van der Waals surface area contributed by atoms with Crippen LogP contribution in [0, 0.1) is 0 Å². The molecule has 1 aromatic heterocycles. The van der Waals surface area contributed by atoms with Crippen LogP contribution in [-0.4, -0.2) is 26.8 Å². The van der Waals surface area contributed by atoms with Crippen LogP contribution in [0.5, 0.6) is 0 Å². The molecule has 0 aliphatic carbocycles. The van der Waals surface area contributed by atoms with Crippen molar-refractivity contribution in [1.82, 2.24) is 4.98 Å². The second kappa shape index (κ2) is 6.13. The van der Waals surface area contributed by atoms with Gasteiger partial charge in [0, 0.05) is 30.6 Å². The van der Waals surface area contributed by atoms with Gasteiger partial charge in [0.2, 0.25) is 0 Å². The fraction of sp³-hybridized carbons (Fsp3) is 0.583. The predicted molar refractivity (Wildman–Crippen MR) is 67.5 cm³/mol. The molecule has 0 aliphatic heterocycles. The van der Waals surface area contributed by atoms with Crippen molar-refractivity contribution in [3.8, 4) is 0 Å². The molecule has 3 nitrogen and oxygen atoms in total. The van der Waals surface area contributed by atoms with Crippen LogP contribution in [0.3, 0.4) is 0 Å². The van der Waals surface area contributed by atoms with E-state index in [1.54, 1.807) is 0 Å². The molecule has 0 bridgehead atoms. The van der Waals surface area contributed by atoms with Gasteiger partial charge >= 0.3 is 8.56 Å². The molecule has 0 aromatic carbocycles. The fourth-order valence-electron chi connectivity index (χ4n) is 1.77. The third-order valence-corrected chi connectivity index (χ3v) is 6.37. The molecule has 1 unspecified atom stereocenters. The molecule has 16 heavy (non-hydrogen) atoms. The van der Waals surface area contributed by atoms with E-state index in [9.17, 15) is 0 Å². The first-order chi connectivity index (χ1) is 7.64. The summed E-state index contributed by atoms with van der Waals surface area (Å²) in [6.07, 6.45) is 1.82. The molecular formula is C12H21NO2Si. The summed E-state index contributed by atoms with van der Waals surface area (Å²) in [4.78, 5) is 4.38. The number of aromatic nitrogens is 1. The maximum absolute atomic E-state index is 5.86. The topological polar surface area (TPSA) is 31.4 Å². The van der Waals surface area contributed by atoms with Crippen molar-refractivity contribution in [3.63, 3.8) is 0 Å². The molecule has 0 N–H and O–H groups in total. The van der Waals surface area contributed by atoms with Crippen molar-refractivity contribution in [2.24, 2.45) is 0 Å². The molecule has 0 radical (unpaired) electrons. The van der Waals surface area contributed by atoms with Crippen LogP contribution in [0.25, 0.3) is 0 Å². The molecule has 1 heterocycles. The van der Waals surface area contributed by atoms with Crippen molar-refractivity contribution >= 4 is 8.56 Å². The van der Waals surface area contributed by atoms with Crippen molar-refractivity contribution in [1.29, 1.82) is 0 Å². The molecule has 0 aliphatic rings. The zero-order valence-corrected chi connectivity index (χ0v) is 11.6. The van der Waals surface area contributed by atoms with E-state index in [1.165, 1.54) is 0 Å². The Hall–Kier alpha value is -0.713. The van der Waals surface area contributed by atoms with Crippen LogP contribution in [0.15, 0.2) is 24.4 Å². The normalized spacial score (nSPS) is 13.8. The standard InChI is InChI=1S/C12H21NO2Si/c1-5-14-16(4,15-6-2)11(3)12-9-7-8-10-13-12/h7-11H,5-6H2,1-4H3. The zero-order chi connectivity index (χ0) is 12.0. The van der Waals surface area contributed by atoms with Gasteiger partial charge in [-0.25, -0.2) is 0 Å². The van der Waals surface area contributed by atoms with Gasteiger partial charge in [0.15, 0.2) is 0 Å². The molecule has 0 saturated heterocycles. The van der Waals surface area contributed by atoms with E-state index in [-0.39, 0.29) is 5.54 Å². The quantitative estimate of drug-likeness (QED) is 0.715. The van der Waals surface area contributed by atoms with E-state index < -0.39 is 8.56 Å². The van der Waals surface area contributed by atoms with Gasteiger partial charge in [-0.1, -0.05) is 13.0 Å². The van der Waals surface area contributed by atoms with Crippen LogP contribution < -0.4 is 0 Å². The van der Waals surface area contributed by atoms with Crippen molar-refractivity contribution in [2.75, 3.05) is 13.2 Å². The van der Waals surface area contributed by atoms with Gasteiger partial charge in [-0.15, -0.1) is 0 Å². The Morgan fingerprint density at radius 2 is 1.88 bits per heavy atom. The van der Waals surface area contributed by atoms with Crippen LogP contribution in [0.1, 0.15) is 32.0 Å². The Morgan fingerprint density at radius 1 is 1.25 bits per heavy atom. The smallest absolute Gasteiger partial charge is 0.343 e. The van der Waals surface area contributed by atoms with E-state index in [0.29, 0.717) is 13.2 Å². The summed E-state index contributed by atoms with van der Waals surface area (Å²) in [5, 5.41) is 0. The lowest BCUT2D eigenvalue weighted by Crippen LogP contribution is -2.45. The minimum Gasteiger partial charge on any atom is -0.394 e. The second-order valence-corrected chi connectivity index (χ2v) is 7.33. The van der Waals surface area contributed by atoms with Gasteiger partial charge in [-0.3, -0.25) is 4.98 Å². The average molecular weight is 239 g/mol. The summed E-state index contributed by atoms with van der Waals surface area (Å²) >= 11 is 0. The average Bonchev–Trinajstić information content (AvgIpc) is 2.30. The number of pyridine rings is 1. The Kier molecular flexibility index (Phi) is 5.11. The second-order valence-electron chi connectivity index (χ2n) is 3.86. The minimum atomic E-state index is -2.16. The molecule has 0 fully saturated rings. The maximum Gasteiger partial charge on any atom is 0.343 e. The first-order valence-corrected chi connectivity index (χ1v) is 8.22. The highest BCUT2D eigenvalue weighted by Gasteiger charge is 2.39. The molecule has 0 spiro atoms. The van der Waals surface area contributed by atoms with Gasteiger partial charge in [0.1, 0.15) is 0 Å². The van der Waals surface area contributed by atoms with E-state index in [2.05, 4.69) is 18.5 Å². The molecule has 1 aromatic rings. The van der Waals surface area contributed by atoms with Crippen LogP contribution in [-0.2, 0) is 8.85 Å². The van der Waals surface area contributed by atoms with Gasteiger partial charge in [0.25, 0.3) is 0 Å². The Balaban J connectivity index is 2.86. The van der Waals surface area contributed by atoms with E-state index in [4.69, 9.17) is 8.85 Å². The number of rotatable bonds is 6. The molecule has 1 rings (SSSR count). The van der Waals surface area contributed by atoms with Crippen LogP contribution in [0.2, 0.25) is 6.55 Å². The minimum absolute atomic E-state index is 0.244. The lowest BCUT2D eigenvalue weighted by molar-refractivity contribution is 0.180. The molecule has 0 amide bonds. The highest BCUT2D eigenvalue weighted by Crippen LogP contribution is 2.26. The summed E-state index contributed by atoms with van der Waals surface area (Å²) in [7, 11) is -2.16. The van der Waals surface area contributed by atoms with Gasteiger partial charge in [-0.2, -0.15) is 0 Å². The lowest BCUT2D eigenvalue weighted by atomic mass is 10.3. The largest absolute Gasteiger partial charge is 0.394 e. The summed E-state index contributed by atoms with van der Waals surface area (Å²) < 4.78 is 11.7. The first-order valence-electron chi connectivity index (χ1n) is 5.82.